The maximum atomic E-state index is 5.18. The third-order valence-corrected chi connectivity index (χ3v) is 2.42. The zero-order valence-electron chi connectivity index (χ0n) is 6.62. The molecule has 0 N–H and O–H groups in total. The number of rotatable bonds is 2. The molecule has 0 unspecified atom stereocenters. The fourth-order valence-electron chi connectivity index (χ4n) is 1.82. The Balaban J connectivity index is 1.90. The van der Waals surface area contributed by atoms with Crippen molar-refractivity contribution in [3.8, 4) is 0 Å². The van der Waals surface area contributed by atoms with Crippen molar-refractivity contribution in [2.24, 2.45) is 5.92 Å². The minimum Gasteiger partial charge on any atom is -0.449 e. The van der Waals surface area contributed by atoms with Crippen LogP contribution in [0, 0.1) is 5.92 Å². The van der Waals surface area contributed by atoms with Gasteiger partial charge < -0.3 is 4.42 Å². The number of aromatic nitrogens is 1. The summed E-state index contributed by atoms with van der Waals surface area (Å²) in [6.45, 7) is 0. The monoisotopic (exact) mass is 151 g/mol. The van der Waals surface area contributed by atoms with Crippen molar-refractivity contribution in [1.82, 2.24) is 4.98 Å². The van der Waals surface area contributed by atoms with E-state index in [1.165, 1.54) is 25.7 Å². The Morgan fingerprint density at radius 1 is 1.45 bits per heavy atom. The van der Waals surface area contributed by atoms with Gasteiger partial charge in [-0.15, -0.1) is 0 Å². The molecule has 1 heterocycles. The summed E-state index contributed by atoms with van der Waals surface area (Å²) in [5.41, 5.74) is 0. The van der Waals surface area contributed by atoms with Gasteiger partial charge in [-0.05, 0) is 18.8 Å². The first-order valence-corrected chi connectivity index (χ1v) is 4.33. The second kappa shape index (κ2) is 3.07. The molecule has 0 bridgehead atoms. The third kappa shape index (κ3) is 1.62. The van der Waals surface area contributed by atoms with Crippen molar-refractivity contribution in [2.75, 3.05) is 0 Å². The fourth-order valence-corrected chi connectivity index (χ4v) is 1.82. The fraction of sp³-hybridized carbons (Fsp3) is 0.667. The van der Waals surface area contributed by atoms with E-state index in [4.69, 9.17) is 4.42 Å². The Morgan fingerprint density at radius 3 is 2.91 bits per heavy atom. The summed E-state index contributed by atoms with van der Waals surface area (Å²) >= 11 is 0. The molecule has 0 aliphatic heterocycles. The largest absolute Gasteiger partial charge is 0.449 e. The van der Waals surface area contributed by atoms with Gasteiger partial charge in [0, 0.05) is 6.42 Å². The molecule has 1 aromatic heterocycles. The summed E-state index contributed by atoms with van der Waals surface area (Å²) in [4.78, 5) is 4.11. The van der Waals surface area contributed by atoms with Crippen LogP contribution >= 0.6 is 0 Å². The summed E-state index contributed by atoms with van der Waals surface area (Å²) in [6.07, 6.45) is 9.95. The zero-order valence-corrected chi connectivity index (χ0v) is 6.62. The molecule has 60 valence electrons. The molecule has 2 heteroatoms. The van der Waals surface area contributed by atoms with Crippen LogP contribution in [0.25, 0.3) is 0 Å². The SMILES string of the molecule is c1coc(CC2CCCC2)n1. The summed E-state index contributed by atoms with van der Waals surface area (Å²) in [5, 5.41) is 0. The Morgan fingerprint density at radius 2 is 2.27 bits per heavy atom. The lowest BCUT2D eigenvalue weighted by molar-refractivity contribution is 0.431. The van der Waals surface area contributed by atoms with Crippen molar-refractivity contribution in [2.45, 2.75) is 32.1 Å². The van der Waals surface area contributed by atoms with Crippen molar-refractivity contribution in [1.29, 1.82) is 0 Å². The predicted octanol–water partition coefficient (Wildman–Crippen LogP) is 2.41. The van der Waals surface area contributed by atoms with Crippen LogP contribution in [0.1, 0.15) is 31.6 Å². The van der Waals surface area contributed by atoms with Crippen LogP contribution in [-0.4, -0.2) is 4.98 Å². The molecule has 1 fully saturated rings. The predicted molar refractivity (Wildman–Crippen MR) is 42.2 cm³/mol. The molecule has 0 saturated heterocycles. The highest BCUT2D eigenvalue weighted by atomic mass is 16.3. The second-order valence-electron chi connectivity index (χ2n) is 3.28. The van der Waals surface area contributed by atoms with E-state index in [0.717, 1.165) is 18.2 Å². The minimum absolute atomic E-state index is 0.841. The Hall–Kier alpha value is -0.790. The number of nitrogens with zero attached hydrogens (tertiary/aromatic N) is 1. The van der Waals surface area contributed by atoms with Crippen molar-refractivity contribution in [3.05, 3.63) is 18.4 Å². The molecule has 0 spiro atoms. The lowest BCUT2D eigenvalue weighted by Crippen LogP contribution is -1.98. The van der Waals surface area contributed by atoms with Gasteiger partial charge in [0.1, 0.15) is 6.26 Å². The van der Waals surface area contributed by atoms with E-state index in [1.54, 1.807) is 12.5 Å². The Kier molecular flexibility index (Phi) is 1.93. The topological polar surface area (TPSA) is 26.0 Å². The van der Waals surface area contributed by atoms with Gasteiger partial charge >= 0.3 is 0 Å². The molecule has 0 aromatic carbocycles. The first kappa shape index (κ1) is 6.89. The van der Waals surface area contributed by atoms with Crippen LogP contribution in [0.3, 0.4) is 0 Å². The molecule has 2 rings (SSSR count). The first-order chi connectivity index (χ1) is 5.45. The molecule has 1 aliphatic carbocycles. The molecular formula is C9H13NO. The summed E-state index contributed by atoms with van der Waals surface area (Å²) in [7, 11) is 0. The lowest BCUT2D eigenvalue weighted by Gasteiger charge is -2.03. The smallest absolute Gasteiger partial charge is 0.194 e. The summed E-state index contributed by atoms with van der Waals surface area (Å²) < 4.78 is 5.18. The van der Waals surface area contributed by atoms with Crippen LogP contribution < -0.4 is 0 Å². The molecule has 0 atom stereocenters. The third-order valence-electron chi connectivity index (χ3n) is 2.42. The Bertz CT molecular complexity index is 199. The quantitative estimate of drug-likeness (QED) is 0.648. The van der Waals surface area contributed by atoms with Gasteiger partial charge in [0.05, 0.1) is 6.20 Å². The Labute approximate surface area is 66.6 Å². The molecule has 2 nitrogen and oxygen atoms in total. The molecule has 0 radical (unpaired) electrons. The lowest BCUT2D eigenvalue weighted by atomic mass is 10.0. The van der Waals surface area contributed by atoms with Crippen molar-refractivity contribution in [3.63, 3.8) is 0 Å². The van der Waals surface area contributed by atoms with Crippen LogP contribution in [-0.2, 0) is 6.42 Å². The van der Waals surface area contributed by atoms with Gasteiger partial charge in [-0.1, -0.05) is 12.8 Å². The highest BCUT2D eigenvalue weighted by molar-refractivity contribution is 4.84. The maximum absolute atomic E-state index is 5.18. The highest BCUT2D eigenvalue weighted by Gasteiger charge is 2.16. The van der Waals surface area contributed by atoms with Crippen LogP contribution in [0.15, 0.2) is 16.9 Å². The van der Waals surface area contributed by atoms with E-state index in [2.05, 4.69) is 4.98 Å². The van der Waals surface area contributed by atoms with Gasteiger partial charge in [-0.3, -0.25) is 0 Å². The number of hydrogen-bond acceptors (Lipinski definition) is 2. The molecule has 1 saturated carbocycles. The van der Waals surface area contributed by atoms with Gasteiger partial charge in [0.25, 0.3) is 0 Å². The van der Waals surface area contributed by atoms with Crippen molar-refractivity contribution >= 4 is 0 Å². The van der Waals surface area contributed by atoms with Gasteiger partial charge in [-0.2, -0.15) is 0 Å². The minimum atomic E-state index is 0.841. The number of oxazole rings is 1. The molecular weight excluding hydrogens is 138 g/mol. The molecule has 0 amide bonds. The van der Waals surface area contributed by atoms with Gasteiger partial charge in [0.2, 0.25) is 0 Å². The summed E-state index contributed by atoms with van der Waals surface area (Å²) in [5.74, 6) is 1.76. The average molecular weight is 151 g/mol. The normalized spacial score (nSPS) is 19.3. The van der Waals surface area contributed by atoms with E-state index in [9.17, 15) is 0 Å². The van der Waals surface area contributed by atoms with E-state index in [1.807, 2.05) is 0 Å². The number of hydrogen-bond donors (Lipinski definition) is 0. The zero-order chi connectivity index (χ0) is 7.52. The first-order valence-electron chi connectivity index (χ1n) is 4.33. The molecule has 1 aliphatic rings. The van der Waals surface area contributed by atoms with Crippen LogP contribution in [0.5, 0.6) is 0 Å². The molecule has 1 aromatic rings. The van der Waals surface area contributed by atoms with Crippen LogP contribution in [0.2, 0.25) is 0 Å². The van der Waals surface area contributed by atoms with Crippen molar-refractivity contribution < 1.29 is 4.42 Å². The van der Waals surface area contributed by atoms with E-state index in [-0.39, 0.29) is 0 Å². The molecule has 11 heavy (non-hydrogen) atoms. The summed E-state index contributed by atoms with van der Waals surface area (Å²) in [6, 6.07) is 0. The van der Waals surface area contributed by atoms with Crippen LogP contribution in [0.4, 0.5) is 0 Å². The second-order valence-corrected chi connectivity index (χ2v) is 3.28. The van der Waals surface area contributed by atoms with Gasteiger partial charge in [-0.25, -0.2) is 4.98 Å². The van der Waals surface area contributed by atoms with Gasteiger partial charge in [0.15, 0.2) is 5.89 Å². The van der Waals surface area contributed by atoms with E-state index in [0.29, 0.717) is 0 Å². The standard InChI is InChI=1S/C9H13NO/c1-2-4-8(3-1)7-9-10-5-6-11-9/h5-6,8H,1-4,7H2. The van der Waals surface area contributed by atoms with E-state index < -0.39 is 0 Å². The maximum Gasteiger partial charge on any atom is 0.194 e. The highest BCUT2D eigenvalue weighted by Crippen LogP contribution is 2.27. The average Bonchev–Trinajstić information content (AvgIpc) is 2.60. The van der Waals surface area contributed by atoms with E-state index >= 15 is 0 Å².